The summed E-state index contributed by atoms with van der Waals surface area (Å²) in [7, 11) is 0. The number of aryl methyl sites for hydroxylation is 2. The summed E-state index contributed by atoms with van der Waals surface area (Å²) in [6, 6.07) is 7.28. The van der Waals surface area contributed by atoms with Gasteiger partial charge in [0.25, 0.3) is 0 Å². The van der Waals surface area contributed by atoms with E-state index in [1.807, 2.05) is 12.1 Å². The van der Waals surface area contributed by atoms with Gasteiger partial charge in [-0.15, -0.1) is 0 Å². The number of carbonyl (C=O) groups excluding carboxylic acids is 2. The molecule has 0 spiro atoms. The lowest BCUT2D eigenvalue weighted by molar-refractivity contribution is 0.111. The van der Waals surface area contributed by atoms with Crippen LogP contribution in [0.2, 0.25) is 0 Å². The largest absolute Gasteiger partial charge is 0.454 e. The Balaban J connectivity index is 1.59. The van der Waals surface area contributed by atoms with Gasteiger partial charge in [-0.05, 0) is 47.7 Å². The molecule has 8 nitrogen and oxygen atoms in total. The molecule has 0 aromatic heterocycles. The lowest BCUT2D eigenvalue weighted by Gasteiger charge is -2.12. The van der Waals surface area contributed by atoms with Crippen molar-refractivity contribution >= 4 is 12.4 Å². The van der Waals surface area contributed by atoms with Crippen molar-refractivity contribution in [2.24, 2.45) is 5.73 Å². The number of carbonyl (C=O) groups is 2. The van der Waals surface area contributed by atoms with Gasteiger partial charge in [-0.25, -0.2) is 4.79 Å². The molecule has 8 heteroatoms. The highest BCUT2D eigenvalue weighted by molar-refractivity contribution is 5.84. The van der Waals surface area contributed by atoms with E-state index in [4.69, 9.17) is 29.4 Å². The second-order valence-electron chi connectivity index (χ2n) is 6.07. The van der Waals surface area contributed by atoms with Gasteiger partial charge in [0, 0.05) is 0 Å². The molecule has 2 aliphatic heterocycles. The maximum absolute atomic E-state index is 11.6. The van der Waals surface area contributed by atoms with E-state index >= 15 is 0 Å². The van der Waals surface area contributed by atoms with E-state index in [0.717, 1.165) is 23.0 Å². The number of amides is 1. The van der Waals surface area contributed by atoms with Crippen molar-refractivity contribution in [3.63, 3.8) is 0 Å². The van der Waals surface area contributed by atoms with Crippen molar-refractivity contribution in [3.8, 4) is 23.0 Å². The third-order valence-electron chi connectivity index (χ3n) is 4.51. The number of nitrogens with two attached hydrogens (primary N) is 1. The standard InChI is InChI=1S/C19H17NO7/c20-19(22)23-8-13-6-17-16(25-9-26-17)5-12(13)2-1-11-3-4-15-18(14(11)7-21)27-10-24-15/h3-7H,1-2,8-10H2,(H2,20,22). The van der Waals surface area contributed by atoms with E-state index in [2.05, 4.69) is 0 Å². The van der Waals surface area contributed by atoms with Crippen LogP contribution in [0, 0.1) is 0 Å². The molecule has 2 aromatic carbocycles. The SMILES string of the molecule is NC(=O)OCc1cc2c(cc1CCc1ccc3c(c1C=O)OCO3)OCO2. The van der Waals surface area contributed by atoms with Gasteiger partial charge in [0.1, 0.15) is 6.61 Å². The zero-order valence-corrected chi connectivity index (χ0v) is 14.4. The van der Waals surface area contributed by atoms with Crippen molar-refractivity contribution in [1.82, 2.24) is 0 Å². The van der Waals surface area contributed by atoms with Gasteiger partial charge in [0.15, 0.2) is 29.3 Å². The van der Waals surface area contributed by atoms with Crippen LogP contribution < -0.4 is 24.7 Å². The van der Waals surface area contributed by atoms with Crippen molar-refractivity contribution in [3.05, 3.63) is 46.5 Å². The van der Waals surface area contributed by atoms with E-state index in [0.29, 0.717) is 41.4 Å². The predicted octanol–water partition coefficient (Wildman–Crippen LogP) is 2.34. The number of primary amides is 1. The first kappa shape index (κ1) is 17.0. The normalized spacial score (nSPS) is 13.5. The molecule has 4 rings (SSSR count). The Kier molecular flexibility index (Phi) is 4.45. The number of fused-ring (bicyclic) bond motifs is 2. The summed E-state index contributed by atoms with van der Waals surface area (Å²) in [5, 5.41) is 0. The van der Waals surface area contributed by atoms with Gasteiger partial charge >= 0.3 is 6.09 Å². The first-order valence-corrected chi connectivity index (χ1v) is 8.36. The molecule has 0 saturated heterocycles. The van der Waals surface area contributed by atoms with E-state index < -0.39 is 6.09 Å². The lowest BCUT2D eigenvalue weighted by atomic mass is 9.96. The van der Waals surface area contributed by atoms with Crippen molar-refractivity contribution in [2.45, 2.75) is 19.4 Å². The summed E-state index contributed by atoms with van der Waals surface area (Å²) in [5.74, 6) is 2.28. The number of aldehydes is 1. The molecule has 0 aliphatic carbocycles. The maximum Gasteiger partial charge on any atom is 0.404 e. The summed E-state index contributed by atoms with van der Waals surface area (Å²) in [6.45, 7) is 0.283. The zero-order valence-electron chi connectivity index (χ0n) is 14.4. The fourth-order valence-electron chi connectivity index (χ4n) is 3.19. The summed E-state index contributed by atoms with van der Waals surface area (Å²) in [4.78, 5) is 22.5. The Morgan fingerprint density at radius 2 is 1.63 bits per heavy atom. The van der Waals surface area contributed by atoms with Crippen LogP contribution >= 0.6 is 0 Å². The Morgan fingerprint density at radius 1 is 0.963 bits per heavy atom. The van der Waals surface area contributed by atoms with Gasteiger partial charge in [-0.3, -0.25) is 4.79 Å². The predicted molar refractivity (Wildman–Crippen MR) is 92.3 cm³/mol. The molecule has 2 N–H and O–H groups in total. The topological polar surface area (TPSA) is 106 Å². The minimum atomic E-state index is -0.849. The number of hydrogen-bond acceptors (Lipinski definition) is 7. The Bertz CT molecular complexity index is 909. The molecular formula is C19H17NO7. The smallest absolute Gasteiger partial charge is 0.404 e. The monoisotopic (exact) mass is 371 g/mol. The zero-order chi connectivity index (χ0) is 18.8. The fourth-order valence-corrected chi connectivity index (χ4v) is 3.19. The molecule has 140 valence electrons. The Labute approximate surface area is 154 Å². The van der Waals surface area contributed by atoms with Crippen LogP contribution in [0.15, 0.2) is 24.3 Å². The van der Waals surface area contributed by atoms with E-state index in [1.165, 1.54) is 0 Å². The van der Waals surface area contributed by atoms with E-state index in [1.54, 1.807) is 12.1 Å². The molecule has 2 aliphatic rings. The van der Waals surface area contributed by atoms with Crippen molar-refractivity contribution < 1.29 is 33.3 Å². The van der Waals surface area contributed by atoms with Crippen molar-refractivity contribution in [1.29, 1.82) is 0 Å². The fraction of sp³-hybridized carbons (Fsp3) is 0.263. The summed E-state index contributed by atoms with van der Waals surface area (Å²) < 4.78 is 26.5. The molecule has 0 atom stereocenters. The van der Waals surface area contributed by atoms with Gasteiger partial charge in [0.2, 0.25) is 13.6 Å². The molecular weight excluding hydrogens is 354 g/mol. The minimum absolute atomic E-state index is 0.0307. The highest BCUT2D eigenvalue weighted by Crippen LogP contribution is 2.38. The first-order chi connectivity index (χ1) is 13.2. The molecule has 2 heterocycles. The van der Waals surface area contributed by atoms with Crippen LogP contribution in [-0.2, 0) is 24.2 Å². The molecule has 0 bridgehead atoms. The molecule has 0 unspecified atom stereocenters. The molecule has 27 heavy (non-hydrogen) atoms. The third-order valence-corrected chi connectivity index (χ3v) is 4.51. The molecule has 1 amide bonds. The van der Waals surface area contributed by atoms with E-state index in [-0.39, 0.29) is 20.2 Å². The van der Waals surface area contributed by atoms with Gasteiger partial charge < -0.3 is 29.4 Å². The van der Waals surface area contributed by atoms with Crippen LogP contribution in [0.1, 0.15) is 27.0 Å². The van der Waals surface area contributed by atoms with Crippen LogP contribution in [0.4, 0.5) is 4.79 Å². The third kappa shape index (κ3) is 3.33. The second kappa shape index (κ2) is 7.06. The summed E-state index contributed by atoms with van der Waals surface area (Å²) >= 11 is 0. The number of hydrogen-bond donors (Lipinski definition) is 1. The van der Waals surface area contributed by atoms with Crippen LogP contribution in [0.25, 0.3) is 0 Å². The molecule has 0 fully saturated rings. The van der Waals surface area contributed by atoms with Gasteiger partial charge in [-0.1, -0.05) is 6.07 Å². The van der Waals surface area contributed by atoms with E-state index in [9.17, 15) is 9.59 Å². The number of benzene rings is 2. The van der Waals surface area contributed by atoms with Crippen molar-refractivity contribution in [2.75, 3.05) is 13.6 Å². The average Bonchev–Trinajstić information content (AvgIpc) is 3.32. The highest BCUT2D eigenvalue weighted by Gasteiger charge is 2.22. The van der Waals surface area contributed by atoms with Crippen LogP contribution in [0.5, 0.6) is 23.0 Å². The Hall–Kier alpha value is -3.42. The van der Waals surface area contributed by atoms with Crippen LogP contribution in [-0.4, -0.2) is 26.0 Å². The quantitative estimate of drug-likeness (QED) is 0.777. The summed E-state index contributed by atoms with van der Waals surface area (Å²) in [5.41, 5.74) is 8.09. The number of rotatable bonds is 6. The number of ether oxygens (including phenoxy) is 5. The lowest BCUT2D eigenvalue weighted by Crippen LogP contribution is -2.13. The highest BCUT2D eigenvalue weighted by atomic mass is 16.7. The molecule has 0 radical (unpaired) electrons. The second-order valence-corrected chi connectivity index (χ2v) is 6.07. The minimum Gasteiger partial charge on any atom is -0.454 e. The first-order valence-electron chi connectivity index (χ1n) is 8.36. The van der Waals surface area contributed by atoms with Crippen LogP contribution in [0.3, 0.4) is 0 Å². The summed E-state index contributed by atoms with van der Waals surface area (Å²) in [6.07, 6.45) is 1.10. The van der Waals surface area contributed by atoms with Gasteiger partial charge in [0.05, 0.1) is 5.56 Å². The maximum atomic E-state index is 11.6. The Morgan fingerprint density at radius 3 is 2.37 bits per heavy atom. The average molecular weight is 371 g/mol. The molecule has 0 saturated carbocycles. The van der Waals surface area contributed by atoms with Gasteiger partial charge in [-0.2, -0.15) is 0 Å². The molecule has 2 aromatic rings.